The topological polar surface area (TPSA) is 37.3 Å². The zero-order chi connectivity index (χ0) is 14.1. The minimum absolute atomic E-state index is 0.125. The Labute approximate surface area is 125 Å². The number of piperidine rings is 1. The molecule has 110 valence electrons. The minimum Gasteiger partial charge on any atom is -0.339 e. The fourth-order valence-corrected chi connectivity index (χ4v) is 3.29. The van der Waals surface area contributed by atoms with Crippen LogP contribution in [0.1, 0.15) is 49.1 Å². The highest BCUT2D eigenvalue weighted by Crippen LogP contribution is 2.37. The second kappa shape index (κ2) is 5.78. The van der Waals surface area contributed by atoms with E-state index in [9.17, 15) is 4.79 Å². The molecule has 3 rings (SSSR count). The van der Waals surface area contributed by atoms with Gasteiger partial charge in [-0.1, -0.05) is 11.6 Å². The Kier molecular flexibility index (Phi) is 4.03. The molecule has 1 unspecified atom stereocenters. The lowest BCUT2D eigenvalue weighted by molar-refractivity contribution is 0.0651. The van der Waals surface area contributed by atoms with Gasteiger partial charge in [-0.2, -0.15) is 0 Å². The Bertz CT molecular complexity index is 489. The van der Waals surface area contributed by atoms with Gasteiger partial charge in [0, 0.05) is 31.4 Å². The summed E-state index contributed by atoms with van der Waals surface area (Å²) in [5.41, 5.74) is 0.755. The van der Waals surface area contributed by atoms with Crippen molar-refractivity contribution in [3.05, 3.63) is 23.0 Å². The summed E-state index contributed by atoms with van der Waals surface area (Å²) in [4.78, 5) is 14.9. The van der Waals surface area contributed by atoms with Crippen molar-refractivity contribution in [2.24, 2.45) is 0 Å². The number of rotatable bonds is 4. The number of amides is 1. The van der Waals surface area contributed by atoms with E-state index < -0.39 is 0 Å². The van der Waals surface area contributed by atoms with Gasteiger partial charge in [0.15, 0.2) is 0 Å². The van der Waals surface area contributed by atoms with Crippen LogP contribution in [0.25, 0.3) is 0 Å². The number of halogens is 1. The first-order valence-corrected chi connectivity index (χ1v) is 7.97. The molecule has 2 aliphatic rings. The van der Waals surface area contributed by atoms with Crippen LogP contribution >= 0.6 is 11.6 Å². The van der Waals surface area contributed by atoms with E-state index in [0.717, 1.165) is 51.0 Å². The van der Waals surface area contributed by atoms with Gasteiger partial charge in [0.25, 0.3) is 5.91 Å². The molecule has 1 atom stereocenters. The van der Waals surface area contributed by atoms with Crippen molar-refractivity contribution >= 4 is 17.5 Å². The van der Waals surface area contributed by atoms with Crippen LogP contribution in [0.5, 0.6) is 0 Å². The molecular formula is C15H22ClN3O. The van der Waals surface area contributed by atoms with Crippen molar-refractivity contribution in [1.29, 1.82) is 0 Å². The van der Waals surface area contributed by atoms with Crippen LogP contribution in [0, 0.1) is 0 Å². The fourth-order valence-electron chi connectivity index (χ4n) is 3.09. The van der Waals surface area contributed by atoms with Crippen molar-refractivity contribution in [1.82, 2.24) is 14.8 Å². The Morgan fingerprint density at radius 2 is 2.30 bits per heavy atom. The third-order valence-corrected chi connectivity index (χ3v) is 4.49. The number of nitrogens with zero attached hydrogens (tertiary/aromatic N) is 2. The lowest BCUT2D eigenvalue weighted by atomic mass is 10.1. The summed E-state index contributed by atoms with van der Waals surface area (Å²) in [6.07, 6.45) is 6.44. The highest BCUT2D eigenvalue weighted by atomic mass is 35.5. The van der Waals surface area contributed by atoms with Crippen molar-refractivity contribution in [3.8, 4) is 0 Å². The summed E-state index contributed by atoms with van der Waals surface area (Å²) < 4.78 is 2.07. The molecule has 1 saturated carbocycles. The lowest BCUT2D eigenvalue weighted by Crippen LogP contribution is -2.49. The van der Waals surface area contributed by atoms with Gasteiger partial charge in [0.05, 0.1) is 5.02 Å². The van der Waals surface area contributed by atoms with Gasteiger partial charge in [-0.05, 0) is 45.2 Å². The summed E-state index contributed by atoms with van der Waals surface area (Å²) in [6, 6.07) is 2.61. The van der Waals surface area contributed by atoms with E-state index >= 15 is 0 Å². The van der Waals surface area contributed by atoms with Crippen molar-refractivity contribution in [2.75, 3.05) is 19.6 Å². The largest absolute Gasteiger partial charge is 0.339 e. The quantitative estimate of drug-likeness (QED) is 0.927. The van der Waals surface area contributed by atoms with Gasteiger partial charge in [-0.15, -0.1) is 0 Å². The van der Waals surface area contributed by atoms with Gasteiger partial charge in [-0.3, -0.25) is 4.79 Å². The van der Waals surface area contributed by atoms with Crippen LogP contribution in [0.2, 0.25) is 5.02 Å². The number of hydrogen-bond donors (Lipinski definition) is 1. The molecule has 1 aromatic rings. The highest BCUT2D eigenvalue weighted by Gasteiger charge is 2.31. The molecule has 1 aliphatic carbocycles. The zero-order valence-electron chi connectivity index (χ0n) is 11.9. The number of aromatic nitrogens is 1. The van der Waals surface area contributed by atoms with Crippen LogP contribution in [0.4, 0.5) is 0 Å². The molecule has 4 nitrogen and oxygen atoms in total. The molecular weight excluding hydrogens is 274 g/mol. The molecule has 20 heavy (non-hydrogen) atoms. The first-order chi connectivity index (χ1) is 9.70. The van der Waals surface area contributed by atoms with E-state index in [4.69, 9.17) is 11.6 Å². The molecule has 2 heterocycles. The maximum Gasteiger partial charge on any atom is 0.270 e. The molecule has 1 saturated heterocycles. The van der Waals surface area contributed by atoms with Gasteiger partial charge in [-0.25, -0.2) is 0 Å². The Morgan fingerprint density at radius 1 is 1.50 bits per heavy atom. The number of likely N-dealkylation sites (N-methyl/N-ethyl adjacent to an activating group) is 1. The summed E-state index contributed by atoms with van der Waals surface area (Å²) in [7, 11) is 0. The van der Waals surface area contributed by atoms with E-state index in [0.29, 0.717) is 17.1 Å². The lowest BCUT2D eigenvalue weighted by Gasteiger charge is -2.34. The van der Waals surface area contributed by atoms with Crippen LogP contribution in [-0.4, -0.2) is 41.1 Å². The van der Waals surface area contributed by atoms with E-state index in [1.165, 1.54) is 0 Å². The molecule has 1 N–H and O–H groups in total. The summed E-state index contributed by atoms with van der Waals surface area (Å²) >= 11 is 6.11. The Balaban J connectivity index is 1.82. The monoisotopic (exact) mass is 295 g/mol. The Morgan fingerprint density at radius 3 is 2.90 bits per heavy atom. The zero-order valence-corrected chi connectivity index (χ0v) is 12.7. The van der Waals surface area contributed by atoms with Crippen molar-refractivity contribution < 1.29 is 4.79 Å². The molecule has 0 bridgehead atoms. The second-order valence-electron chi connectivity index (χ2n) is 5.77. The van der Waals surface area contributed by atoms with Gasteiger partial charge >= 0.3 is 0 Å². The average molecular weight is 296 g/mol. The predicted octanol–water partition coefficient (Wildman–Crippen LogP) is 2.69. The van der Waals surface area contributed by atoms with Crippen LogP contribution < -0.4 is 5.32 Å². The molecule has 0 spiro atoms. The first-order valence-electron chi connectivity index (χ1n) is 7.59. The van der Waals surface area contributed by atoms with E-state index in [1.54, 1.807) is 0 Å². The van der Waals surface area contributed by atoms with Crippen molar-refractivity contribution in [2.45, 2.75) is 44.7 Å². The van der Waals surface area contributed by atoms with Crippen molar-refractivity contribution in [3.63, 3.8) is 0 Å². The number of hydrogen-bond acceptors (Lipinski definition) is 2. The predicted molar refractivity (Wildman–Crippen MR) is 80.3 cm³/mol. The molecule has 1 amide bonds. The summed E-state index contributed by atoms with van der Waals surface area (Å²) in [6.45, 7) is 4.77. The van der Waals surface area contributed by atoms with E-state index in [1.807, 2.05) is 17.2 Å². The summed E-state index contributed by atoms with van der Waals surface area (Å²) in [5, 5.41) is 4.05. The second-order valence-corrected chi connectivity index (χ2v) is 6.21. The van der Waals surface area contributed by atoms with Gasteiger partial charge in [0.1, 0.15) is 5.69 Å². The fraction of sp³-hybridized carbons (Fsp3) is 0.667. The molecule has 0 radical (unpaired) electrons. The number of nitrogens with one attached hydrogen (secondary N) is 1. The summed E-state index contributed by atoms with van der Waals surface area (Å²) in [5.74, 6) is 0.125. The smallest absolute Gasteiger partial charge is 0.270 e. The third kappa shape index (κ3) is 2.72. The average Bonchev–Trinajstić information content (AvgIpc) is 3.23. The number of carbonyl (C=O) groups excluding carboxylic acids is 1. The SMILES string of the molecule is CCN(C(=O)c1cc(Cl)cn1C1CC1)C1CCCNC1. The van der Waals surface area contributed by atoms with Crippen LogP contribution in [-0.2, 0) is 0 Å². The molecule has 0 aromatic carbocycles. The first kappa shape index (κ1) is 14.0. The van der Waals surface area contributed by atoms with Crippen LogP contribution in [0.3, 0.4) is 0 Å². The normalized spacial score (nSPS) is 22.8. The van der Waals surface area contributed by atoms with E-state index in [-0.39, 0.29) is 5.91 Å². The maximum absolute atomic E-state index is 12.9. The van der Waals surface area contributed by atoms with Gasteiger partial charge in [0.2, 0.25) is 0 Å². The number of carbonyl (C=O) groups is 1. The minimum atomic E-state index is 0.125. The third-order valence-electron chi connectivity index (χ3n) is 4.29. The highest BCUT2D eigenvalue weighted by molar-refractivity contribution is 6.31. The molecule has 1 aliphatic heterocycles. The molecule has 2 fully saturated rings. The standard InChI is InChI=1S/C15H22ClN3O/c1-2-18(13-4-3-7-17-9-13)15(20)14-8-11(16)10-19(14)12-5-6-12/h8,10,12-13,17H,2-7,9H2,1H3. The van der Waals surface area contributed by atoms with Crippen LogP contribution in [0.15, 0.2) is 12.3 Å². The molecule has 5 heteroatoms. The maximum atomic E-state index is 12.9. The Hall–Kier alpha value is -1.00. The van der Waals surface area contributed by atoms with Gasteiger partial charge < -0.3 is 14.8 Å². The molecule has 1 aromatic heterocycles. The van der Waals surface area contributed by atoms with E-state index in [2.05, 4.69) is 16.8 Å².